The van der Waals surface area contributed by atoms with Gasteiger partial charge in [-0.05, 0) is 30.7 Å². The van der Waals surface area contributed by atoms with Gasteiger partial charge >= 0.3 is 0 Å². The number of amides is 1. The average molecular weight is 251 g/mol. The second kappa shape index (κ2) is 4.42. The molecule has 92 valence electrons. The largest absolute Gasteiger partial charge is 0.366 e. The average Bonchev–Trinajstić information content (AvgIpc) is 2.75. The van der Waals surface area contributed by atoms with Crippen molar-refractivity contribution in [2.24, 2.45) is 0 Å². The van der Waals surface area contributed by atoms with Gasteiger partial charge in [0, 0.05) is 5.38 Å². The first kappa shape index (κ1) is 11.2. The number of hydrogen-bond donors (Lipinski definition) is 0. The Balaban J connectivity index is 1.94. The molecule has 2 fully saturated rings. The molecule has 1 aromatic heterocycles. The fraction of sp³-hybridized carbons (Fsp3) is 0.615. The van der Waals surface area contributed by atoms with Crippen LogP contribution in [0.1, 0.15) is 31.2 Å². The number of carbonyl (C=O) groups is 1. The number of rotatable bonds is 1. The summed E-state index contributed by atoms with van der Waals surface area (Å²) in [7, 11) is 0. The van der Waals surface area contributed by atoms with E-state index >= 15 is 0 Å². The highest BCUT2D eigenvalue weighted by molar-refractivity contribution is 7.08. The lowest BCUT2D eigenvalue weighted by Crippen LogP contribution is -2.56. The van der Waals surface area contributed by atoms with Gasteiger partial charge in [0.2, 0.25) is 0 Å². The number of anilines is 1. The summed E-state index contributed by atoms with van der Waals surface area (Å²) in [6, 6.07) is 0.262. The van der Waals surface area contributed by atoms with E-state index in [0.717, 1.165) is 18.5 Å². The van der Waals surface area contributed by atoms with Gasteiger partial charge in [-0.1, -0.05) is 12.8 Å². The van der Waals surface area contributed by atoms with Crippen LogP contribution in [-0.2, 0) is 9.53 Å². The summed E-state index contributed by atoms with van der Waals surface area (Å²) >= 11 is 1.67. The zero-order chi connectivity index (χ0) is 11.8. The van der Waals surface area contributed by atoms with Crippen molar-refractivity contribution in [1.82, 2.24) is 0 Å². The van der Waals surface area contributed by atoms with Crippen LogP contribution in [0, 0.1) is 6.92 Å². The van der Waals surface area contributed by atoms with Crippen LogP contribution in [0.5, 0.6) is 0 Å². The van der Waals surface area contributed by atoms with Crippen LogP contribution in [0.25, 0.3) is 0 Å². The minimum atomic E-state index is 0.120. The SMILES string of the molecule is Cc1cscc1N1C(=O)CO[C@@H]2CCCC[C@H]21. The van der Waals surface area contributed by atoms with E-state index in [1.807, 2.05) is 4.90 Å². The topological polar surface area (TPSA) is 29.5 Å². The minimum absolute atomic E-state index is 0.120. The molecule has 1 aromatic rings. The Morgan fingerprint density at radius 2 is 2.18 bits per heavy atom. The number of nitrogens with zero attached hydrogens (tertiary/aromatic N) is 1. The second-order valence-electron chi connectivity index (χ2n) is 4.91. The first-order chi connectivity index (χ1) is 8.27. The highest BCUT2D eigenvalue weighted by Gasteiger charge is 2.39. The highest BCUT2D eigenvalue weighted by Crippen LogP contribution is 2.35. The second-order valence-corrected chi connectivity index (χ2v) is 5.65. The first-order valence-corrected chi connectivity index (χ1v) is 7.18. The van der Waals surface area contributed by atoms with Gasteiger partial charge in [-0.15, -0.1) is 11.3 Å². The summed E-state index contributed by atoms with van der Waals surface area (Å²) in [5.41, 5.74) is 2.30. The zero-order valence-corrected chi connectivity index (χ0v) is 10.8. The molecule has 0 bridgehead atoms. The summed E-state index contributed by atoms with van der Waals surface area (Å²) in [6.07, 6.45) is 4.85. The Hall–Kier alpha value is -0.870. The molecule has 3 nitrogen and oxygen atoms in total. The van der Waals surface area contributed by atoms with Gasteiger partial charge in [-0.25, -0.2) is 0 Å². The normalized spacial score (nSPS) is 29.2. The van der Waals surface area contributed by atoms with Crippen LogP contribution >= 0.6 is 11.3 Å². The first-order valence-electron chi connectivity index (χ1n) is 6.24. The number of ether oxygens (including phenoxy) is 1. The van der Waals surface area contributed by atoms with Gasteiger partial charge < -0.3 is 9.64 Å². The molecule has 0 unspecified atom stereocenters. The summed E-state index contributed by atoms with van der Waals surface area (Å²) < 4.78 is 5.67. The monoisotopic (exact) mass is 251 g/mol. The van der Waals surface area contributed by atoms with E-state index in [-0.39, 0.29) is 24.7 Å². The summed E-state index contributed by atoms with van der Waals surface area (Å²) in [5, 5.41) is 4.19. The number of hydrogen-bond acceptors (Lipinski definition) is 3. The van der Waals surface area contributed by atoms with E-state index in [9.17, 15) is 4.79 Å². The molecule has 0 N–H and O–H groups in total. The van der Waals surface area contributed by atoms with Crippen molar-refractivity contribution in [1.29, 1.82) is 0 Å². The molecule has 1 amide bonds. The number of thiophene rings is 1. The van der Waals surface area contributed by atoms with Crippen LogP contribution in [0.15, 0.2) is 10.8 Å². The van der Waals surface area contributed by atoms with Crippen molar-refractivity contribution in [3.63, 3.8) is 0 Å². The lowest BCUT2D eigenvalue weighted by molar-refractivity contribution is -0.133. The lowest BCUT2D eigenvalue weighted by Gasteiger charge is -2.43. The third-order valence-corrected chi connectivity index (χ3v) is 4.63. The Kier molecular flexibility index (Phi) is 2.92. The van der Waals surface area contributed by atoms with Crippen molar-refractivity contribution in [2.75, 3.05) is 11.5 Å². The van der Waals surface area contributed by atoms with Gasteiger partial charge in [0.1, 0.15) is 6.61 Å². The standard InChI is InChI=1S/C13H17NO2S/c1-9-7-17-8-11(9)14-10-4-2-3-5-12(10)16-6-13(14)15/h7-8,10,12H,2-6H2,1H3/t10-,12-/m1/s1. The molecule has 3 rings (SSSR count). The maximum absolute atomic E-state index is 12.1. The maximum atomic E-state index is 12.1. The molecule has 1 saturated heterocycles. The van der Waals surface area contributed by atoms with Crippen molar-refractivity contribution < 1.29 is 9.53 Å². The molecular formula is C13H17NO2S. The van der Waals surface area contributed by atoms with Gasteiger partial charge in [0.25, 0.3) is 5.91 Å². The number of aryl methyl sites for hydroxylation is 1. The van der Waals surface area contributed by atoms with E-state index in [1.54, 1.807) is 11.3 Å². The molecule has 0 aromatic carbocycles. The maximum Gasteiger partial charge on any atom is 0.253 e. The molecule has 0 spiro atoms. The molecule has 17 heavy (non-hydrogen) atoms. The number of fused-ring (bicyclic) bond motifs is 1. The fourth-order valence-electron chi connectivity index (χ4n) is 2.91. The van der Waals surface area contributed by atoms with Crippen molar-refractivity contribution in [3.05, 3.63) is 16.3 Å². The van der Waals surface area contributed by atoms with Crippen LogP contribution in [-0.4, -0.2) is 24.7 Å². The van der Waals surface area contributed by atoms with Gasteiger partial charge in [-0.3, -0.25) is 4.79 Å². The summed E-state index contributed by atoms with van der Waals surface area (Å²) in [6.45, 7) is 2.32. The molecular weight excluding hydrogens is 234 g/mol. The van der Waals surface area contributed by atoms with Crippen LogP contribution < -0.4 is 4.90 Å². The molecule has 1 aliphatic carbocycles. The summed E-state index contributed by atoms with van der Waals surface area (Å²) in [5.74, 6) is 0.120. The van der Waals surface area contributed by atoms with Crippen LogP contribution in [0.3, 0.4) is 0 Å². The predicted molar refractivity (Wildman–Crippen MR) is 68.5 cm³/mol. The van der Waals surface area contributed by atoms with Crippen molar-refractivity contribution >= 4 is 22.9 Å². The van der Waals surface area contributed by atoms with Crippen LogP contribution in [0.2, 0.25) is 0 Å². The molecule has 0 radical (unpaired) electrons. The predicted octanol–water partition coefficient (Wildman–Crippen LogP) is 2.73. The molecule has 2 heterocycles. The van der Waals surface area contributed by atoms with E-state index in [1.165, 1.54) is 18.4 Å². The molecule has 2 atom stereocenters. The Morgan fingerprint density at radius 1 is 1.35 bits per heavy atom. The smallest absolute Gasteiger partial charge is 0.253 e. The van der Waals surface area contributed by atoms with Crippen molar-refractivity contribution in [2.45, 2.75) is 44.8 Å². The Bertz CT molecular complexity index is 429. The third-order valence-electron chi connectivity index (χ3n) is 3.78. The number of carbonyl (C=O) groups excluding carboxylic acids is 1. The zero-order valence-electron chi connectivity index (χ0n) is 10.0. The van der Waals surface area contributed by atoms with E-state index in [4.69, 9.17) is 4.74 Å². The van der Waals surface area contributed by atoms with Gasteiger partial charge in [-0.2, -0.15) is 0 Å². The molecule has 1 aliphatic heterocycles. The number of morpholine rings is 1. The third kappa shape index (κ3) is 1.89. The van der Waals surface area contributed by atoms with Gasteiger partial charge in [0.05, 0.1) is 17.8 Å². The Morgan fingerprint density at radius 3 is 2.94 bits per heavy atom. The van der Waals surface area contributed by atoms with Gasteiger partial charge in [0.15, 0.2) is 0 Å². The van der Waals surface area contributed by atoms with E-state index < -0.39 is 0 Å². The van der Waals surface area contributed by atoms with E-state index in [2.05, 4.69) is 17.7 Å². The minimum Gasteiger partial charge on any atom is -0.366 e. The quantitative estimate of drug-likeness (QED) is 0.768. The molecule has 4 heteroatoms. The molecule has 1 saturated carbocycles. The van der Waals surface area contributed by atoms with E-state index in [0.29, 0.717) is 0 Å². The summed E-state index contributed by atoms with van der Waals surface area (Å²) in [4.78, 5) is 14.1. The van der Waals surface area contributed by atoms with Crippen molar-refractivity contribution in [3.8, 4) is 0 Å². The Labute approximate surface area is 105 Å². The fourth-order valence-corrected chi connectivity index (χ4v) is 3.73. The van der Waals surface area contributed by atoms with Crippen LogP contribution in [0.4, 0.5) is 5.69 Å². The lowest BCUT2D eigenvalue weighted by atomic mass is 9.89. The highest BCUT2D eigenvalue weighted by atomic mass is 32.1. The molecule has 2 aliphatic rings.